The highest BCUT2D eigenvalue weighted by molar-refractivity contribution is 5.85. The zero-order valence-corrected chi connectivity index (χ0v) is 14.9. The molecule has 0 aliphatic carbocycles. The fourth-order valence-electron chi connectivity index (χ4n) is 3.66. The zero-order valence-electron chi connectivity index (χ0n) is 14.9. The Balaban J connectivity index is 1.99. The van der Waals surface area contributed by atoms with Gasteiger partial charge in [0.15, 0.2) is 0 Å². The average molecular weight is 369 g/mol. The molecule has 27 heavy (non-hydrogen) atoms. The Morgan fingerprint density at radius 3 is 1.59 bits per heavy atom. The SMILES string of the molecule is CC1C(=O)C(C)C(c2cccc([N+](=O)[O-])c2)NC1c1cccc([N+](=O)[O-])c1. The summed E-state index contributed by atoms with van der Waals surface area (Å²) < 4.78 is 0. The minimum absolute atomic E-state index is 0.0155. The molecule has 0 aromatic heterocycles. The van der Waals surface area contributed by atoms with E-state index in [1.165, 1.54) is 24.3 Å². The first kappa shape index (κ1) is 18.7. The summed E-state index contributed by atoms with van der Waals surface area (Å²) in [6, 6.07) is 11.6. The fourth-order valence-corrected chi connectivity index (χ4v) is 3.66. The van der Waals surface area contributed by atoms with Gasteiger partial charge in [-0.1, -0.05) is 38.1 Å². The smallest absolute Gasteiger partial charge is 0.269 e. The number of hydrogen-bond donors (Lipinski definition) is 1. The van der Waals surface area contributed by atoms with Crippen molar-refractivity contribution in [2.75, 3.05) is 0 Å². The first-order chi connectivity index (χ1) is 12.8. The Labute approximate surface area is 155 Å². The van der Waals surface area contributed by atoms with Crippen molar-refractivity contribution in [3.63, 3.8) is 0 Å². The molecule has 8 heteroatoms. The molecule has 8 nitrogen and oxygen atoms in total. The van der Waals surface area contributed by atoms with Gasteiger partial charge in [0.2, 0.25) is 0 Å². The van der Waals surface area contributed by atoms with Crippen LogP contribution in [-0.2, 0) is 4.79 Å². The van der Waals surface area contributed by atoms with Crippen LogP contribution in [0.5, 0.6) is 0 Å². The monoisotopic (exact) mass is 369 g/mol. The molecule has 0 bridgehead atoms. The Morgan fingerprint density at radius 2 is 1.22 bits per heavy atom. The predicted octanol–water partition coefficient (Wildman–Crippen LogP) is 3.73. The first-order valence-electron chi connectivity index (χ1n) is 8.58. The van der Waals surface area contributed by atoms with Crippen LogP contribution >= 0.6 is 0 Å². The lowest BCUT2D eigenvalue weighted by Crippen LogP contribution is -2.46. The Kier molecular flexibility index (Phi) is 5.00. The van der Waals surface area contributed by atoms with Gasteiger partial charge in [0, 0.05) is 48.2 Å². The molecule has 0 radical (unpaired) electrons. The van der Waals surface area contributed by atoms with E-state index in [0.29, 0.717) is 11.1 Å². The third-order valence-electron chi connectivity index (χ3n) is 5.14. The van der Waals surface area contributed by atoms with Crippen LogP contribution in [0, 0.1) is 32.1 Å². The summed E-state index contributed by atoms with van der Waals surface area (Å²) in [4.78, 5) is 34.0. The lowest BCUT2D eigenvalue weighted by Gasteiger charge is -2.39. The van der Waals surface area contributed by atoms with E-state index in [1.54, 1.807) is 38.1 Å². The number of nitrogens with zero attached hydrogens (tertiary/aromatic N) is 2. The summed E-state index contributed by atoms with van der Waals surface area (Å²) in [5, 5.41) is 25.5. The Hall–Kier alpha value is -3.13. The van der Waals surface area contributed by atoms with Crippen molar-refractivity contribution in [2.24, 2.45) is 11.8 Å². The summed E-state index contributed by atoms with van der Waals surface area (Å²) in [6.07, 6.45) is 0. The second-order valence-electron chi connectivity index (χ2n) is 6.81. The number of nitro benzene ring substituents is 2. The van der Waals surface area contributed by atoms with E-state index < -0.39 is 21.9 Å². The van der Waals surface area contributed by atoms with Crippen molar-refractivity contribution in [3.8, 4) is 0 Å². The minimum Gasteiger partial charge on any atom is -0.302 e. The van der Waals surface area contributed by atoms with Crippen molar-refractivity contribution in [1.82, 2.24) is 5.32 Å². The van der Waals surface area contributed by atoms with E-state index in [9.17, 15) is 25.0 Å². The van der Waals surface area contributed by atoms with E-state index in [4.69, 9.17) is 0 Å². The van der Waals surface area contributed by atoms with Crippen LogP contribution < -0.4 is 5.32 Å². The molecule has 1 N–H and O–H groups in total. The van der Waals surface area contributed by atoms with Gasteiger partial charge < -0.3 is 5.32 Å². The normalized spacial score (nSPS) is 25.2. The molecule has 4 unspecified atom stereocenters. The summed E-state index contributed by atoms with van der Waals surface area (Å²) in [6.45, 7) is 3.58. The highest BCUT2D eigenvalue weighted by atomic mass is 16.6. The minimum atomic E-state index is -0.473. The summed E-state index contributed by atoms with van der Waals surface area (Å²) >= 11 is 0. The Morgan fingerprint density at radius 1 is 0.815 bits per heavy atom. The largest absolute Gasteiger partial charge is 0.302 e. The van der Waals surface area contributed by atoms with Gasteiger partial charge in [-0.2, -0.15) is 0 Å². The second kappa shape index (κ2) is 7.24. The standard InChI is InChI=1S/C19H19N3O5/c1-11-17(13-5-3-7-15(9-13)21(24)25)20-18(12(2)19(11)23)14-6-4-8-16(10-14)22(26)27/h3-12,17-18,20H,1-2H3. The summed E-state index contributed by atoms with van der Waals surface area (Å²) in [7, 11) is 0. The molecule has 0 saturated carbocycles. The van der Waals surface area contributed by atoms with Crippen LogP contribution in [0.3, 0.4) is 0 Å². The number of carbonyl (C=O) groups excluding carboxylic acids is 1. The lowest BCUT2D eigenvalue weighted by molar-refractivity contribution is -0.385. The number of carbonyl (C=O) groups is 1. The maximum absolute atomic E-state index is 12.8. The van der Waals surface area contributed by atoms with Gasteiger partial charge in [-0.05, 0) is 11.1 Å². The van der Waals surface area contributed by atoms with Crippen molar-refractivity contribution >= 4 is 17.2 Å². The van der Waals surface area contributed by atoms with Crippen molar-refractivity contribution in [1.29, 1.82) is 0 Å². The molecular formula is C19H19N3O5. The molecule has 1 heterocycles. The van der Waals surface area contributed by atoms with Gasteiger partial charge >= 0.3 is 0 Å². The number of benzene rings is 2. The maximum atomic E-state index is 12.8. The third kappa shape index (κ3) is 3.56. The number of hydrogen-bond acceptors (Lipinski definition) is 6. The van der Waals surface area contributed by atoms with Crippen molar-refractivity contribution < 1.29 is 14.6 Å². The number of Topliss-reactive ketones (excluding diaryl/α,β-unsaturated/α-hetero) is 1. The molecule has 1 fully saturated rings. The number of ketones is 1. The van der Waals surface area contributed by atoms with Gasteiger partial charge in [0.1, 0.15) is 5.78 Å². The first-order valence-corrected chi connectivity index (χ1v) is 8.58. The van der Waals surface area contributed by atoms with Gasteiger partial charge in [-0.15, -0.1) is 0 Å². The number of nitro groups is 2. The number of rotatable bonds is 4. The van der Waals surface area contributed by atoms with Gasteiger partial charge in [0.25, 0.3) is 11.4 Å². The number of non-ortho nitro benzene ring substituents is 2. The van der Waals surface area contributed by atoms with E-state index >= 15 is 0 Å². The van der Waals surface area contributed by atoms with Crippen molar-refractivity contribution in [3.05, 3.63) is 79.9 Å². The molecule has 1 aliphatic heterocycles. The van der Waals surface area contributed by atoms with Crippen LogP contribution in [-0.4, -0.2) is 15.6 Å². The van der Waals surface area contributed by atoms with Crippen molar-refractivity contribution in [2.45, 2.75) is 25.9 Å². The quantitative estimate of drug-likeness (QED) is 0.648. The molecule has 4 atom stereocenters. The van der Waals surface area contributed by atoms with Gasteiger partial charge in [-0.3, -0.25) is 25.0 Å². The molecule has 2 aromatic carbocycles. The molecule has 2 aromatic rings. The summed E-state index contributed by atoms with van der Waals surface area (Å²) in [5.41, 5.74) is 1.21. The van der Waals surface area contributed by atoms with Crippen LogP contribution in [0.1, 0.15) is 37.1 Å². The molecule has 140 valence electrons. The lowest BCUT2D eigenvalue weighted by atomic mass is 9.76. The summed E-state index contributed by atoms with van der Waals surface area (Å²) in [5.74, 6) is -0.740. The molecule has 1 saturated heterocycles. The Bertz CT molecular complexity index is 842. The number of piperidine rings is 1. The highest BCUT2D eigenvalue weighted by Crippen LogP contribution is 2.39. The van der Waals surface area contributed by atoms with E-state index in [-0.39, 0.29) is 29.0 Å². The fraction of sp³-hybridized carbons (Fsp3) is 0.316. The van der Waals surface area contributed by atoms with Crippen LogP contribution in [0.25, 0.3) is 0 Å². The van der Waals surface area contributed by atoms with E-state index in [1.807, 2.05) is 0 Å². The van der Waals surface area contributed by atoms with E-state index in [0.717, 1.165) is 0 Å². The number of nitrogens with one attached hydrogen (secondary N) is 1. The van der Waals surface area contributed by atoms with Gasteiger partial charge in [-0.25, -0.2) is 0 Å². The van der Waals surface area contributed by atoms with E-state index in [2.05, 4.69) is 5.32 Å². The zero-order chi connectivity index (χ0) is 19.7. The molecule has 3 rings (SSSR count). The van der Waals surface area contributed by atoms with Gasteiger partial charge in [0.05, 0.1) is 9.85 Å². The molecular weight excluding hydrogens is 350 g/mol. The topological polar surface area (TPSA) is 115 Å². The molecule has 0 amide bonds. The highest BCUT2D eigenvalue weighted by Gasteiger charge is 2.40. The van der Waals surface area contributed by atoms with Crippen LogP contribution in [0.4, 0.5) is 11.4 Å². The average Bonchev–Trinajstić information content (AvgIpc) is 2.66. The maximum Gasteiger partial charge on any atom is 0.269 e. The predicted molar refractivity (Wildman–Crippen MR) is 98.1 cm³/mol. The van der Waals surface area contributed by atoms with Crippen LogP contribution in [0.2, 0.25) is 0 Å². The molecule has 1 aliphatic rings. The second-order valence-corrected chi connectivity index (χ2v) is 6.81. The molecule has 0 spiro atoms. The third-order valence-corrected chi connectivity index (χ3v) is 5.14. The van der Waals surface area contributed by atoms with Crippen LogP contribution in [0.15, 0.2) is 48.5 Å².